The Morgan fingerprint density at radius 1 is 1.00 bits per heavy atom. The number of benzene rings is 2. The Bertz CT molecular complexity index is 602. The van der Waals surface area contributed by atoms with Crippen LogP contribution < -0.4 is 10.5 Å². The molecule has 0 amide bonds. The maximum atomic E-state index is 5.98. The summed E-state index contributed by atoms with van der Waals surface area (Å²) in [5.74, 6) is 2.27. The van der Waals surface area contributed by atoms with Crippen molar-refractivity contribution in [3.05, 3.63) is 59.2 Å². The molecular weight excluding hydrogens is 258 g/mol. The van der Waals surface area contributed by atoms with Crippen LogP contribution in [0.2, 0.25) is 0 Å². The van der Waals surface area contributed by atoms with Crippen LogP contribution in [0.1, 0.15) is 43.4 Å². The van der Waals surface area contributed by atoms with Gasteiger partial charge in [0.15, 0.2) is 0 Å². The van der Waals surface area contributed by atoms with E-state index in [4.69, 9.17) is 10.5 Å². The lowest BCUT2D eigenvalue weighted by atomic mass is 10.0. The third kappa shape index (κ3) is 4.33. The second-order valence-corrected chi connectivity index (χ2v) is 6.10. The van der Waals surface area contributed by atoms with Gasteiger partial charge < -0.3 is 10.5 Å². The van der Waals surface area contributed by atoms with Gasteiger partial charge in [0.25, 0.3) is 0 Å². The van der Waals surface area contributed by atoms with Crippen molar-refractivity contribution in [1.29, 1.82) is 0 Å². The first kappa shape index (κ1) is 15.6. The van der Waals surface area contributed by atoms with Crippen molar-refractivity contribution in [3.63, 3.8) is 0 Å². The van der Waals surface area contributed by atoms with E-state index in [1.54, 1.807) is 0 Å². The van der Waals surface area contributed by atoms with Gasteiger partial charge in [0.05, 0.1) is 0 Å². The van der Waals surface area contributed by atoms with Gasteiger partial charge in [-0.15, -0.1) is 0 Å². The number of ether oxygens (including phenoxy) is 1. The molecule has 0 aliphatic rings. The normalized spacial score (nSPS) is 12.5. The van der Waals surface area contributed by atoms with Crippen molar-refractivity contribution >= 4 is 0 Å². The zero-order valence-electron chi connectivity index (χ0n) is 13.4. The van der Waals surface area contributed by atoms with E-state index in [0.29, 0.717) is 5.92 Å². The zero-order chi connectivity index (χ0) is 15.4. The van der Waals surface area contributed by atoms with Gasteiger partial charge in [-0.2, -0.15) is 0 Å². The molecule has 2 heteroatoms. The Morgan fingerprint density at radius 2 is 1.71 bits per heavy atom. The highest BCUT2D eigenvalue weighted by atomic mass is 16.5. The van der Waals surface area contributed by atoms with Gasteiger partial charge in [-0.05, 0) is 67.1 Å². The fourth-order valence-corrected chi connectivity index (χ4v) is 2.38. The van der Waals surface area contributed by atoms with E-state index in [1.807, 2.05) is 25.1 Å². The first-order chi connectivity index (χ1) is 9.95. The maximum Gasteiger partial charge on any atom is 0.127 e. The van der Waals surface area contributed by atoms with Crippen molar-refractivity contribution in [2.45, 2.75) is 46.1 Å². The number of nitrogens with two attached hydrogens (primary N) is 1. The van der Waals surface area contributed by atoms with Crippen LogP contribution in [0.15, 0.2) is 42.5 Å². The molecule has 0 saturated carbocycles. The minimum absolute atomic E-state index is 0.179. The fourth-order valence-electron chi connectivity index (χ4n) is 2.38. The molecule has 0 radical (unpaired) electrons. The second kappa shape index (κ2) is 6.77. The van der Waals surface area contributed by atoms with E-state index in [9.17, 15) is 0 Å². The Hall–Kier alpha value is -1.80. The van der Waals surface area contributed by atoms with Crippen LogP contribution in [0, 0.1) is 6.92 Å². The van der Waals surface area contributed by atoms with Crippen molar-refractivity contribution in [2.75, 3.05) is 0 Å². The summed E-state index contributed by atoms with van der Waals surface area (Å²) in [6.07, 6.45) is 0.898. The SMILES string of the molecule is Cc1cc(Oc2cccc(C(C)C)c2)ccc1CC(C)N. The lowest BCUT2D eigenvalue weighted by molar-refractivity contribution is 0.480. The summed E-state index contributed by atoms with van der Waals surface area (Å²) in [5, 5.41) is 0. The smallest absolute Gasteiger partial charge is 0.127 e. The average molecular weight is 283 g/mol. The third-order valence-corrected chi connectivity index (χ3v) is 3.62. The quantitative estimate of drug-likeness (QED) is 0.855. The Labute approximate surface area is 127 Å². The molecule has 2 aromatic rings. The van der Waals surface area contributed by atoms with E-state index in [1.165, 1.54) is 16.7 Å². The molecule has 1 atom stereocenters. The highest BCUT2D eigenvalue weighted by molar-refractivity contribution is 5.39. The van der Waals surface area contributed by atoms with Crippen molar-refractivity contribution in [2.24, 2.45) is 5.73 Å². The number of aryl methyl sites for hydroxylation is 1. The minimum atomic E-state index is 0.179. The molecule has 112 valence electrons. The summed E-state index contributed by atoms with van der Waals surface area (Å²) in [7, 11) is 0. The average Bonchev–Trinajstić information content (AvgIpc) is 2.42. The third-order valence-electron chi connectivity index (χ3n) is 3.62. The van der Waals surface area contributed by atoms with Crippen LogP contribution in [0.5, 0.6) is 11.5 Å². The van der Waals surface area contributed by atoms with E-state index in [0.717, 1.165) is 17.9 Å². The Morgan fingerprint density at radius 3 is 2.33 bits per heavy atom. The molecule has 0 fully saturated rings. The van der Waals surface area contributed by atoms with Crippen LogP contribution in [0.3, 0.4) is 0 Å². The predicted molar refractivity (Wildman–Crippen MR) is 89.1 cm³/mol. The fraction of sp³-hybridized carbons (Fsp3) is 0.368. The van der Waals surface area contributed by atoms with Crippen LogP contribution in [0.4, 0.5) is 0 Å². The largest absolute Gasteiger partial charge is 0.457 e. The molecule has 2 N–H and O–H groups in total. The number of hydrogen-bond acceptors (Lipinski definition) is 2. The van der Waals surface area contributed by atoms with Gasteiger partial charge in [0, 0.05) is 6.04 Å². The Kier molecular flexibility index (Phi) is 5.03. The summed E-state index contributed by atoms with van der Waals surface area (Å²) in [4.78, 5) is 0. The summed E-state index contributed by atoms with van der Waals surface area (Å²) >= 11 is 0. The zero-order valence-corrected chi connectivity index (χ0v) is 13.4. The monoisotopic (exact) mass is 283 g/mol. The van der Waals surface area contributed by atoms with Gasteiger partial charge in [-0.1, -0.05) is 32.0 Å². The van der Waals surface area contributed by atoms with E-state index in [2.05, 4.69) is 45.0 Å². The van der Waals surface area contributed by atoms with Gasteiger partial charge in [0.2, 0.25) is 0 Å². The van der Waals surface area contributed by atoms with E-state index in [-0.39, 0.29) is 6.04 Å². The summed E-state index contributed by atoms with van der Waals surface area (Å²) in [5.41, 5.74) is 9.67. The van der Waals surface area contributed by atoms with E-state index < -0.39 is 0 Å². The van der Waals surface area contributed by atoms with Crippen molar-refractivity contribution in [1.82, 2.24) is 0 Å². The molecule has 2 nitrogen and oxygen atoms in total. The molecule has 2 aromatic carbocycles. The van der Waals surface area contributed by atoms with Crippen LogP contribution in [-0.2, 0) is 6.42 Å². The molecule has 0 heterocycles. The number of hydrogen-bond donors (Lipinski definition) is 1. The molecule has 0 aliphatic carbocycles. The predicted octanol–water partition coefficient (Wildman–Crippen LogP) is 4.80. The molecule has 21 heavy (non-hydrogen) atoms. The summed E-state index contributed by atoms with van der Waals surface area (Å²) in [6.45, 7) is 8.51. The standard InChI is InChI=1S/C19H25NO/c1-13(2)16-6-5-7-18(12-16)21-19-9-8-17(11-15(4)20)14(3)10-19/h5-10,12-13,15H,11,20H2,1-4H3. The highest BCUT2D eigenvalue weighted by Gasteiger charge is 2.06. The van der Waals surface area contributed by atoms with E-state index >= 15 is 0 Å². The van der Waals surface area contributed by atoms with Gasteiger partial charge in [0.1, 0.15) is 11.5 Å². The van der Waals surface area contributed by atoms with Crippen LogP contribution in [0.25, 0.3) is 0 Å². The summed E-state index contributed by atoms with van der Waals surface area (Å²) in [6, 6.07) is 14.7. The Balaban J connectivity index is 2.16. The van der Waals surface area contributed by atoms with Crippen molar-refractivity contribution < 1.29 is 4.74 Å². The summed E-state index contributed by atoms with van der Waals surface area (Å²) < 4.78 is 5.98. The van der Waals surface area contributed by atoms with Gasteiger partial charge in [-0.25, -0.2) is 0 Å². The lowest BCUT2D eigenvalue weighted by Crippen LogP contribution is -2.18. The van der Waals surface area contributed by atoms with Crippen LogP contribution in [-0.4, -0.2) is 6.04 Å². The molecular formula is C19H25NO. The first-order valence-electron chi connectivity index (χ1n) is 7.58. The first-order valence-corrected chi connectivity index (χ1v) is 7.58. The maximum absolute atomic E-state index is 5.98. The van der Waals surface area contributed by atoms with Gasteiger partial charge in [-0.3, -0.25) is 0 Å². The lowest BCUT2D eigenvalue weighted by Gasteiger charge is -2.13. The molecule has 1 unspecified atom stereocenters. The molecule has 2 rings (SSSR count). The van der Waals surface area contributed by atoms with Crippen LogP contribution >= 0.6 is 0 Å². The van der Waals surface area contributed by atoms with Gasteiger partial charge >= 0.3 is 0 Å². The highest BCUT2D eigenvalue weighted by Crippen LogP contribution is 2.27. The van der Waals surface area contributed by atoms with Crippen molar-refractivity contribution in [3.8, 4) is 11.5 Å². The molecule has 0 aromatic heterocycles. The molecule has 0 bridgehead atoms. The second-order valence-electron chi connectivity index (χ2n) is 6.10. The molecule has 0 aliphatic heterocycles. The molecule has 0 saturated heterocycles. The molecule has 0 spiro atoms. The number of rotatable bonds is 5. The minimum Gasteiger partial charge on any atom is -0.457 e. The topological polar surface area (TPSA) is 35.2 Å².